The van der Waals surface area contributed by atoms with Crippen LogP contribution in [-0.2, 0) is 11.3 Å². The molecule has 1 saturated heterocycles. The molecule has 1 aromatic carbocycles. The number of hydrogen-bond donors (Lipinski definition) is 2. The molecule has 6 heteroatoms. The SMILES string of the molecule is Cc1nc(NCCN2CCOCC2)cc(NCc2ccccc2C)n1. The number of rotatable bonds is 7. The molecule has 0 unspecified atom stereocenters. The highest BCUT2D eigenvalue weighted by Gasteiger charge is 2.09. The highest BCUT2D eigenvalue weighted by molar-refractivity contribution is 5.48. The highest BCUT2D eigenvalue weighted by Crippen LogP contribution is 2.14. The Hall–Kier alpha value is -2.18. The van der Waals surface area contributed by atoms with Crippen molar-refractivity contribution in [3.63, 3.8) is 0 Å². The Morgan fingerprint density at radius 1 is 1.04 bits per heavy atom. The van der Waals surface area contributed by atoms with Crippen LogP contribution in [0.3, 0.4) is 0 Å². The largest absolute Gasteiger partial charge is 0.379 e. The van der Waals surface area contributed by atoms with Crippen molar-refractivity contribution in [2.24, 2.45) is 0 Å². The van der Waals surface area contributed by atoms with Crippen molar-refractivity contribution in [1.82, 2.24) is 14.9 Å². The Labute approximate surface area is 149 Å². The van der Waals surface area contributed by atoms with Gasteiger partial charge in [0.25, 0.3) is 0 Å². The molecule has 2 heterocycles. The molecule has 2 aromatic rings. The first-order valence-corrected chi connectivity index (χ1v) is 8.89. The van der Waals surface area contributed by atoms with Gasteiger partial charge in [0.1, 0.15) is 17.5 Å². The van der Waals surface area contributed by atoms with Crippen LogP contribution in [0.25, 0.3) is 0 Å². The maximum atomic E-state index is 5.38. The van der Waals surface area contributed by atoms with Crippen molar-refractivity contribution in [3.05, 3.63) is 47.3 Å². The summed E-state index contributed by atoms with van der Waals surface area (Å²) in [6.07, 6.45) is 0. The fourth-order valence-corrected chi connectivity index (χ4v) is 2.91. The van der Waals surface area contributed by atoms with E-state index in [2.05, 4.69) is 56.7 Å². The molecule has 0 bridgehead atoms. The highest BCUT2D eigenvalue weighted by atomic mass is 16.5. The lowest BCUT2D eigenvalue weighted by Crippen LogP contribution is -2.39. The van der Waals surface area contributed by atoms with Crippen LogP contribution in [0.15, 0.2) is 30.3 Å². The van der Waals surface area contributed by atoms with Crippen LogP contribution in [0.4, 0.5) is 11.6 Å². The Balaban J connectivity index is 1.53. The van der Waals surface area contributed by atoms with Gasteiger partial charge in [0.15, 0.2) is 0 Å². The van der Waals surface area contributed by atoms with Crippen LogP contribution in [-0.4, -0.2) is 54.3 Å². The van der Waals surface area contributed by atoms with Crippen LogP contribution in [0, 0.1) is 13.8 Å². The summed E-state index contributed by atoms with van der Waals surface area (Å²) in [5, 5.41) is 6.81. The van der Waals surface area contributed by atoms with E-state index in [1.165, 1.54) is 11.1 Å². The van der Waals surface area contributed by atoms with Gasteiger partial charge in [-0.2, -0.15) is 0 Å². The van der Waals surface area contributed by atoms with E-state index in [1.807, 2.05) is 13.0 Å². The summed E-state index contributed by atoms with van der Waals surface area (Å²) in [5.74, 6) is 2.49. The van der Waals surface area contributed by atoms with E-state index < -0.39 is 0 Å². The van der Waals surface area contributed by atoms with Gasteiger partial charge in [-0.15, -0.1) is 0 Å². The van der Waals surface area contributed by atoms with Crippen LogP contribution < -0.4 is 10.6 Å². The fraction of sp³-hybridized carbons (Fsp3) is 0.474. The van der Waals surface area contributed by atoms with Crippen molar-refractivity contribution in [2.75, 3.05) is 50.0 Å². The third-order valence-corrected chi connectivity index (χ3v) is 4.40. The summed E-state index contributed by atoms with van der Waals surface area (Å²) in [6.45, 7) is 10.4. The summed E-state index contributed by atoms with van der Waals surface area (Å²) in [5.41, 5.74) is 2.56. The second-order valence-electron chi connectivity index (χ2n) is 6.35. The summed E-state index contributed by atoms with van der Waals surface area (Å²) in [4.78, 5) is 11.4. The summed E-state index contributed by atoms with van der Waals surface area (Å²) >= 11 is 0. The Kier molecular flexibility index (Phi) is 6.19. The third-order valence-electron chi connectivity index (χ3n) is 4.40. The molecule has 0 amide bonds. The molecule has 0 spiro atoms. The lowest BCUT2D eigenvalue weighted by Gasteiger charge is -2.26. The molecule has 1 aliphatic heterocycles. The minimum Gasteiger partial charge on any atom is -0.379 e. The third kappa shape index (κ3) is 5.41. The van der Waals surface area contributed by atoms with Gasteiger partial charge >= 0.3 is 0 Å². The van der Waals surface area contributed by atoms with Crippen molar-refractivity contribution >= 4 is 11.6 Å². The number of nitrogens with zero attached hydrogens (tertiary/aromatic N) is 3. The van der Waals surface area contributed by atoms with E-state index in [0.29, 0.717) is 0 Å². The zero-order valence-corrected chi connectivity index (χ0v) is 15.1. The second-order valence-corrected chi connectivity index (χ2v) is 6.35. The predicted molar refractivity (Wildman–Crippen MR) is 101 cm³/mol. The van der Waals surface area contributed by atoms with Gasteiger partial charge in [-0.25, -0.2) is 9.97 Å². The van der Waals surface area contributed by atoms with Gasteiger partial charge in [-0.3, -0.25) is 4.90 Å². The molecule has 0 atom stereocenters. The molecule has 25 heavy (non-hydrogen) atoms. The van der Waals surface area contributed by atoms with E-state index in [9.17, 15) is 0 Å². The molecule has 2 N–H and O–H groups in total. The molecule has 0 aliphatic carbocycles. The monoisotopic (exact) mass is 341 g/mol. The van der Waals surface area contributed by atoms with Gasteiger partial charge in [0.05, 0.1) is 13.2 Å². The van der Waals surface area contributed by atoms with E-state index in [4.69, 9.17) is 4.74 Å². The van der Waals surface area contributed by atoms with Gasteiger partial charge in [0, 0.05) is 38.8 Å². The van der Waals surface area contributed by atoms with E-state index in [1.54, 1.807) is 0 Å². The Morgan fingerprint density at radius 3 is 2.52 bits per heavy atom. The molecule has 0 radical (unpaired) electrons. The predicted octanol–water partition coefficient (Wildman–Crippen LogP) is 2.45. The van der Waals surface area contributed by atoms with Gasteiger partial charge in [-0.05, 0) is 25.0 Å². The Bertz CT molecular complexity index is 685. The molecule has 134 valence electrons. The van der Waals surface area contributed by atoms with E-state index in [-0.39, 0.29) is 0 Å². The lowest BCUT2D eigenvalue weighted by atomic mass is 10.1. The fourth-order valence-electron chi connectivity index (χ4n) is 2.91. The van der Waals surface area contributed by atoms with Gasteiger partial charge in [0.2, 0.25) is 0 Å². The van der Waals surface area contributed by atoms with Crippen molar-refractivity contribution in [2.45, 2.75) is 20.4 Å². The topological polar surface area (TPSA) is 62.3 Å². The minimum atomic E-state index is 0.760. The van der Waals surface area contributed by atoms with Crippen molar-refractivity contribution in [3.8, 4) is 0 Å². The smallest absolute Gasteiger partial charge is 0.132 e. The second kappa shape index (κ2) is 8.78. The maximum Gasteiger partial charge on any atom is 0.132 e. The molecule has 1 aliphatic rings. The zero-order chi connectivity index (χ0) is 17.5. The van der Waals surface area contributed by atoms with Crippen LogP contribution in [0.1, 0.15) is 17.0 Å². The number of benzene rings is 1. The molecule has 3 rings (SSSR count). The molecule has 1 fully saturated rings. The lowest BCUT2D eigenvalue weighted by molar-refractivity contribution is 0.0398. The van der Waals surface area contributed by atoms with Gasteiger partial charge < -0.3 is 15.4 Å². The number of nitrogens with one attached hydrogen (secondary N) is 2. The summed E-state index contributed by atoms with van der Waals surface area (Å²) in [7, 11) is 0. The summed E-state index contributed by atoms with van der Waals surface area (Å²) < 4.78 is 5.38. The standard InChI is InChI=1S/C19H27N5O/c1-15-5-3-4-6-17(15)14-21-19-13-18(22-16(2)23-19)20-7-8-24-9-11-25-12-10-24/h3-6,13H,7-12,14H2,1-2H3,(H2,20,21,22,23). The van der Waals surface area contributed by atoms with E-state index in [0.717, 1.165) is 63.4 Å². The molecule has 6 nitrogen and oxygen atoms in total. The quantitative estimate of drug-likeness (QED) is 0.807. The van der Waals surface area contributed by atoms with Crippen molar-refractivity contribution < 1.29 is 4.74 Å². The van der Waals surface area contributed by atoms with E-state index >= 15 is 0 Å². The molecule has 0 saturated carbocycles. The normalized spacial score (nSPS) is 15.1. The number of anilines is 2. The Morgan fingerprint density at radius 2 is 1.76 bits per heavy atom. The zero-order valence-electron chi connectivity index (χ0n) is 15.1. The number of aromatic nitrogens is 2. The summed E-state index contributed by atoms with van der Waals surface area (Å²) in [6, 6.07) is 10.4. The number of ether oxygens (including phenoxy) is 1. The van der Waals surface area contributed by atoms with Crippen LogP contribution >= 0.6 is 0 Å². The minimum absolute atomic E-state index is 0.760. The molecular weight excluding hydrogens is 314 g/mol. The average molecular weight is 341 g/mol. The number of aryl methyl sites for hydroxylation is 2. The number of morpholine rings is 1. The maximum absolute atomic E-state index is 5.38. The van der Waals surface area contributed by atoms with Crippen molar-refractivity contribution in [1.29, 1.82) is 0 Å². The molecule has 1 aromatic heterocycles. The van der Waals surface area contributed by atoms with Gasteiger partial charge in [-0.1, -0.05) is 24.3 Å². The first-order chi connectivity index (χ1) is 12.2. The van der Waals surface area contributed by atoms with Crippen LogP contribution in [0.2, 0.25) is 0 Å². The first-order valence-electron chi connectivity index (χ1n) is 8.89. The number of hydrogen-bond acceptors (Lipinski definition) is 6. The molecular formula is C19H27N5O. The average Bonchev–Trinajstić information content (AvgIpc) is 2.62. The van der Waals surface area contributed by atoms with Crippen LogP contribution in [0.5, 0.6) is 0 Å². The first kappa shape index (κ1) is 17.6.